The maximum Gasteiger partial charge on any atom is 0.261 e. The van der Waals surface area contributed by atoms with Crippen LogP contribution in [0.2, 0.25) is 0 Å². The second kappa shape index (κ2) is 9.34. The molecule has 3 N–H and O–H groups in total. The lowest BCUT2D eigenvalue weighted by Crippen LogP contribution is -2.41. The number of carbonyl (C=O) groups excluding carboxylic acids is 2. The quantitative estimate of drug-likeness (QED) is 0.372. The van der Waals surface area contributed by atoms with Crippen LogP contribution in [0, 0.1) is 5.41 Å². The van der Waals surface area contributed by atoms with E-state index in [1.807, 2.05) is 32.0 Å². The van der Waals surface area contributed by atoms with Gasteiger partial charge in [-0.25, -0.2) is 9.97 Å². The molecule has 34 heavy (non-hydrogen) atoms. The molecular formula is C25H28N6O2S. The summed E-state index contributed by atoms with van der Waals surface area (Å²) in [5, 5.41) is 6.04. The number of amides is 2. The highest BCUT2D eigenvalue weighted by Gasteiger charge is 2.24. The average Bonchev–Trinajstić information content (AvgIpc) is 3.46. The van der Waals surface area contributed by atoms with E-state index >= 15 is 0 Å². The van der Waals surface area contributed by atoms with Crippen LogP contribution in [0.3, 0.4) is 0 Å². The fourth-order valence-corrected chi connectivity index (χ4v) is 4.12. The lowest BCUT2D eigenvalue weighted by Gasteiger charge is -2.27. The summed E-state index contributed by atoms with van der Waals surface area (Å²) >= 11 is 1.33. The maximum absolute atomic E-state index is 12.9. The highest BCUT2D eigenvalue weighted by atomic mass is 32.1. The minimum absolute atomic E-state index is 0.0199. The number of aromatic nitrogens is 4. The number of rotatable bonds is 6. The third kappa shape index (κ3) is 4.99. The topological polar surface area (TPSA) is 113 Å². The number of nitrogens with one attached hydrogen (secondary N) is 3. The van der Waals surface area contributed by atoms with E-state index < -0.39 is 0 Å². The van der Waals surface area contributed by atoms with Gasteiger partial charge in [0.1, 0.15) is 5.52 Å². The molecule has 0 spiro atoms. The van der Waals surface area contributed by atoms with Crippen LogP contribution in [0.25, 0.3) is 21.7 Å². The van der Waals surface area contributed by atoms with E-state index in [2.05, 4.69) is 46.4 Å². The molecule has 0 aliphatic rings. The normalized spacial score (nSPS) is 13.4. The van der Waals surface area contributed by atoms with E-state index in [1.54, 1.807) is 30.9 Å². The fourth-order valence-electron chi connectivity index (χ4n) is 3.25. The molecule has 1 unspecified atom stereocenters. The molecular weight excluding hydrogens is 448 g/mol. The summed E-state index contributed by atoms with van der Waals surface area (Å²) in [6.07, 6.45) is 6.71. The summed E-state index contributed by atoms with van der Waals surface area (Å²) in [5.41, 5.74) is 2.96. The number of hydrogen-bond acceptors (Lipinski definition) is 6. The second-order valence-corrected chi connectivity index (χ2v) is 10.4. The van der Waals surface area contributed by atoms with Crippen molar-refractivity contribution in [2.75, 3.05) is 0 Å². The molecule has 2 amide bonds. The van der Waals surface area contributed by atoms with E-state index in [0.717, 1.165) is 10.4 Å². The van der Waals surface area contributed by atoms with Gasteiger partial charge in [-0.05, 0) is 43.0 Å². The van der Waals surface area contributed by atoms with Gasteiger partial charge < -0.3 is 15.6 Å². The van der Waals surface area contributed by atoms with Gasteiger partial charge >= 0.3 is 0 Å². The van der Waals surface area contributed by atoms with Crippen molar-refractivity contribution in [2.45, 2.75) is 46.7 Å². The molecule has 0 aliphatic carbocycles. The van der Waals surface area contributed by atoms with Crippen LogP contribution in [0.4, 0.5) is 0 Å². The number of thiophene rings is 1. The van der Waals surface area contributed by atoms with Gasteiger partial charge in [-0.3, -0.25) is 14.6 Å². The van der Waals surface area contributed by atoms with Gasteiger partial charge in [0.15, 0.2) is 5.65 Å². The number of aromatic amines is 1. The van der Waals surface area contributed by atoms with Crippen molar-refractivity contribution in [1.82, 2.24) is 30.6 Å². The largest absolute Gasteiger partial charge is 0.349 e. The first-order valence-electron chi connectivity index (χ1n) is 11.1. The zero-order valence-corrected chi connectivity index (χ0v) is 20.7. The number of H-pyrrole nitrogens is 1. The second-order valence-electron chi connectivity index (χ2n) is 9.36. The van der Waals surface area contributed by atoms with E-state index in [1.165, 1.54) is 11.3 Å². The van der Waals surface area contributed by atoms with Crippen LogP contribution in [0.15, 0.2) is 49.1 Å². The Bertz CT molecular complexity index is 1320. The van der Waals surface area contributed by atoms with E-state index in [9.17, 15) is 9.59 Å². The molecule has 0 fully saturated rings. The molecule has 4 aromatic heterocycles. The van der Waals surface area contributed by atoms with Crippen LogP contribution >= 0.6 is 11.3 Å². The zero-order chi connectivity index (χ0) is 24.5. The van der Waals surface area contributed by atoms with E-state index in [-0.39, 0.29) is 29.3 Å². The Morgan fingerprint density at radius 1 is 1.06 bits per heavy atom. The lowest BCUT2D eigenvalue weighted by atomic mass is 9.88. The molecule has 0 aliphatic heterocycles. The number of fused-ring (bicyclic) bond motifs is 1. The molecule has 2 atom stereocenters. The Kier molecular flexibility index (Phi) is 6.47. The van der Waals surface area contributed by atoms with Crippen molar-refractivity contribution in [2.24, 2.45) is 5.41 Å². The molecule has 4 aromatic rings. The smallest absolute Gasteiger partial charge is 0.261 e. The number of hydrogen-bond donors (Lipinski definition) is 3. The van der Waals surface area contributed by atoms with Gasteiger partial charge in [0.25, 0.3) is 11.8 Å². The Labute approximate surface area is 202 Å². The van der Waals surface area contributed by atoms with Gasteiger partial charge in [-0.1, -0.05) is 26.8 Å². The number of nitrogens with zero attached hydrogens (tertiary/aromatic N) is 3. The van der Waals surface area contributed by atoms with Crippen LogP contribution in [-0.4, -0.2) is 37.8 Å². The molecule has 0 bridgehead atoms. The highest BCUT2D eigenvalue weighted by molar-refractivity contribution is 7.17. The molecule has 0 aromatic carbocycles. The van der Waals surface area contributed by atoms with Gasteiger partial charge in [-0.2, -0.15) is 0 Å². The first-order valence-corrected chi connectivity index (χ1v) is 11.9. The monoisotopic (exact) mass is 476 g/mol. The van der Waals surface area contributed by atoms with Gasteiger partial charge in [0, 0.05) is 24.6 Å². The summed E-state index contributed by atoms with van der Waals surface area (Å²) in [6.45, 7) is 10.1. The Hall–Kier alpha value is -3.59. The Morgan fingerprint density at radius 2 is 1.85 bits per heavy atom. The molecule has 0 saturated carbocycles. The number of carbonyl (C=O) groups is 2. The predicted molar refractivity (Wildman–Crippen MR) is 134 cm³/mol. The molecule has 4 rings (SSSR count). The minimum Gasteiger partial charge on any atom is -0.349 e. The van der Waals surface area contributed by atoms with Crippen molar-refractivity contribution in [3.8, 4) is 10.6 Å². The highest BCUT2D eigenvalue weighted by Crippen LogP contribution is 2.29. The van der Waals surface area contributed by atoms with Crippen LogP contribution in [-0.2, 0) is 0 Å². The Balaban J connectivity index is 1.54. The molecule has 8 nitrogen and oxygen atoms in total. The van der Waals surface area contributed by atoms with E-state index in [0.29, 0.717) is 27.3 Å². The average molecular weight is 477 g/mol. The van der Waals surface area contributed by atoms with Crippen LogP contribution in [0.1, 0.15) is 66.3 Å². The molecule has 9 heteroatoms. The first kappa shape index (κ1) is 23.6. The molecule has 176 valence electrons. The maximum atomic E-state index is 12.9. The third-order valence-corrected chi connectivity index (χ3v) is 6.99. The summed E-state index contributed by atoms with van der Waals surface area (Å²) < 4.78 is 0. The standard InChI is InChI=1S/C25H28N6O2S/c1-14(16-7-6-10-26-11-16)29-24(33)20-9-8-19(34-20)18-13-28-22-21(31-18)17(12-27-22)23(32)30-15(2)25(3,4)5/h6-15H,1-5H3,(H,27,28)(H,29,33)(H,30,32)/t14?,15-/m0/s1. The molecule has 4 heterocycles. The Morgan fingerprint density at radius 3 is 2.56 bits per heavy atom. The summed E-state index contributed by atoms with van der Waals surface area (Å²) in [5.74, 6) is -0.365. The molecule has 0 saturated heterocycles. The zero-order valence-electron chi connectivity index (χ0n) is 19.8. The SMILES string of the molecule is CC(NC(=O)c1ccc(-c2cnc3[nH]cc(C(=O)N[C@@H](C)C(C)(C)C)c3n2)s1)c1cccnc1. The van der Waals surface area contributed by atoms with Crippen molar-refractivity contribution in [3.63, 3.8) is 0 Å². The summed E-state index contributed by atoms with van der Waals surface area (Å²) in [4.78, 5) is 43.3. The van der Waals surface area contributed by atoms with Crippen molar-refractivity contribution < 1.29 is 9.59 Å². The van der Waals surface area contributed by atoms with Crippen molar-refractivity contribution in [3.05, 3.63) is 65.1 Å². The van der Waals surface area contributed by atoms with Crippen LogP contribution in [0.5, 0.6) is 0 Å². The van der Waals surface area contributed by atoms with Gasteiger partial charge in [0.05, 0.1) is 33.3 Å². The summed E-state index contributed by atoms with van der Waals surface area (Å²) in [7, 11) is 0. The van der Waals surface area contributed by atoms with Crippen molar-refractivity contribution >= 4 is 34.3 Å². The molecule has 0 radical (unpaired) electrons. The van der Waals surface area contributed by atoms with E-state index in [4.69, 9.17) is 4.98 Å². The van der Waals surface area contributed by atoms with Gasteiger partial charge in [0.2, 0.25) is 0 Å². The predicted octanol–water partition coefficient (Wildman–Crippen LogP) is 4.74. The van der Waals surface area contributed by atoms with Crippen molar-refractivity contribution in [1.29, 1.82) is 0 Å². The van der Waals surface area contributed by atoms with Gasteiger partial charge in [-0.15, -0.1) is 11.3 Å². The van der Waals surface area contributed by atoms with Crippen LogP contribution < -0.4 is 10.6 Å². The lowest BCUT2D eigenvalue weighted by molar-refractivity contribution is 0.0910. The third-order valence-electron chi connectivity index (χ3n) is 5.89. The minimum atomic E-state index is -0.198. The summed E-state index contributed by atoms with van der Waals surface area (Å²) in [6, 6.07) is 7.20. The fraction of sp³-hybridized carbons (Fsp3) is 0.320. The number of pyridine rings is 1. The first-order chi connectivity index (χ1) is 16.1.